The molecule has 1 aromatic heterocycles. The summed E-state index contributed by atoms with van der Waals surface area (Å²) >= 11 is 0. The molecule has 3 rings (SSSR count). The van der Waals surface area contributed by atoms with Crippen LogP contribution in [0.1, 0.15) is 38.2 Å². The van der Waals surface area contributed by atoms with E-state index in [0.717, 1.165) is 16.4 Å². The van der Waals surface area contributed by atoms with E-state index < -0.39 is 13.0 Å². The number of fused-ring (bicyclic) bond motifs is 1. The number of primary amides is 1. The van der Waals surface area contributed by atoms with E-state index >= 15 is 0 Å². The van der Waals surface area contributed by atoms with E-state index in [1.165, 1.54) is 0 Å². The van der Waals surface area contributed by atoms with E-state index in [2.05, 4.69) is 4.98 Å². The summed E-state index contributed by atoms with van der Waals surface area (Å²) in [6.45, 7) is 8.08. The van der Waals surface area contributed by atoms with Crippen molar-refractivity contribution < 1.29 is 14.1 Å². The van der Waals surface area contributed by atoms with Crippen LogP contribution in [0.2, 0.25) is 0 Å². The monoisotopic (exact) mass is 286 g/mol. The summed E-state index contributed by atoms with van der Waals surface area (Å²) in [5, 5.41) is 0.913. The lowest BCUT2D eigenvalue weighted by molar-refractivity contribution is 0.00578. The van der Waals surface area contributed by atoms with Crippen molar-refractivity contribution in [3.8, 4) is 0 Å². The van der Waals surface area contributed by atoms with E-state index in [1.54, 1.807) is 6.07 Å². The van der Waals surface area contributed by atoms with Crippen molar-refractivity contribution in [2.45, 2.75) is 38.9 Å². The Morgan fingerprint density at radius 2 is 1.76 bits per heavy atom. The van der Waals surface area contributed by atoms with Gasteiger partial charge in [0.05, 0.1) is 11.2 Å². The summed E-state index contributed by atoms with van der Waals surface area (Å²) in [4.78, 5) is 14.2. The first-order chi connectivity index (χ1) is 9.69. The minimum Gasteiger partial charge on any atom is -0.399 e. The maximum Gasteiger partial charge on any atom is 0.494 e. The molecule has 2 aromatic rings. The number of amides is 1. The summed E-state index contributed by atoms with van der Waals surface area (Å²) in [6.07, 6.45) is 0. The number of rotatable bonds is 2. The Labute approximate surface area is 123 Å². The van der Waals surface area contributed by atoms with Gasteiger partial charge in [-0.3, -0.25) is 4.79 Å². The summed E-state index contributed by atoms with van der Waals surface area (Å²) in [5.41, 5.74) is 6.74. The average Bonchev–Trinajstić information content (AvgIpc) is 2.88. The van der Waals surface area contributed by atoms with Crippen LogP contribution in [0, 0.1) is 0 Å². The maximum absolute atomic E-state index is 11.2. The van der Waals surface area contributed by atoms with Gasteiger partial charge < -0.3 is 20.0 Å². The van der Waals surface area contributed by atoms with Crippen molar-refractivity contribution in [3.63, 3.8) is 0 Å². The normalized spacial score (nSPS) is 20.1. The number of hydrogen-bond acceptors (Lipinski definition) is 3. The maximum atomic E-state index is 11.2. The topological polar surface area (TPSA) is 77.3 Å². The van der Waals surface area contributed by atoms with Crippen LogP contribution in [0.5, 0.6) is 0 Å². The number of nitrogens with two attached hydrogens (primary N) is 1. The standard InChI is InChI=1S/C15H19BN2O3/c1-14(2)15(3,4)21-16(20-14)10-5-6-11-9(7-10)8-12(18-11)13(17)19/h5-8,18H,1-4H3,(H2,17,19). The van der Waals surface area contributed by atoms with Crippen LogP contribution in [0.25, 0.3) is 10.9 Å². The number of carbonyl (C=O) groups is 1. The van der Waals surface area contributed by atoms with E-state index in [1.807, 2.05) is 45.9 Å². The molecule has 2 heterocycles. The summed E-state index contributed by atoms with van der Waals surface area (Å²) in [5.74, 6) is -0.469. The minimum absolute atomic E-state index is 0.372. The molecular formula is C15H19BN2O3. The number of benzene rings is 1. The van der Waals surface area contributed by atoms with Gasteiger partial charge >= 0.3 is 7.12 Å². The van der Waals surface area contributed by atoms with E-state index in [4.69, 9.17) is 15.0 Å². The third kappa shape index (κ3) is 2.24. The molecule has 0 saturated carbocycles. The molecule has 1 aliphatic heterocycles. The lowest BCUT2D eigenvalue weighted by Gasteiger charge is -2.32. The van der Waals surface area contributed by atoms with Gasteiger partial charge in [-0.25, -0.2) is 0 Å². The zero-order chi connectivity index (χ0) is 15.4. The van der Waals surface area contributed by atoms with Gasteiger partial charge in [0.15, 0.2) is 0 Å². The number of hydrogen-bond donors (Lipinski definition) is 2. The van der Waals surface area contributed by atoms with E-state index in [0.29, 0.717) is 5.69 Å². The lowest BCUT2D eigenvalue weighted by Crippen LogP contribution is -2.41. The summed E-state index contributed by atoms with van der Waals surface area (Å²) in [6, 6.07) is 7.54. The largest absolute Gasteiger partial charge is 0.494 e. The highest BCUT2D eigenvalue weighted by Crippen LogP contribution is 2.36. The van der Waals surface area contributed by atoms with E-state index in [9.17, 15) is 4.79 Å². The Balaban J connectivity index is 1.97. The van der Waals surface area contributed by atoms with Gasteiger partial charge in [0.2, 0.25) is 0 Å². The second kappa shape index (κ2) is 4.35. The van der Waals surface area contributed by atoms with Crippen molar-refractivity contribution in [2.24, 2.45) is 5.73 Å². The molecule has 1 aliphatic rings. The van der Waals surface area contributed by atoms with E-state index in [-0.39, 0.29) is 11.2 Å². The molecule has 0 bridgehead atoms. The second-order valence-corrected chi connectivity index (χ2v) is 6.48. The van der Waals surface area contributed by atoms with Gasteiger partial charge in [-0.2, -0.15) is 0 Å². The smallest absolute Gasteiger partial charge is 0.399 e. The highest BCUT2D eigenvalue weighted by atomic mass is 16.7. The fourth-order valence-electron chi connectivity index (χ4n) is 2.41. The van der Waals surface area contributed by atoms with Crippen molar-refractivity contribution in [1.82, 2.24) is 4.98 Å². The first kappa shape index (κ1) is 14.2. The Morgan fingerprint density at radius 1 is 1.14 bits per heavy atom. The third-order valence-corrected chi connectivity index (χ3v) is 4.44. The number of carbonyl (C=O) groups excluding carboxylic acids is 1. The molecule has 110 valence electrons. The molecule has 0 atom stereocenters. The molecule has 5 nitrogen and oxygen atoms in total. The zero-order valence-corrected chi connectivity index (χ0v) is 12.7. The van der Waals surface area contributed by atoms with Crippen LogP contribution < -0.4 is 11.2 Å². The van der Waals surface area contributed by atoms with Crippen LogP contribution in [-0.2, 0) is 9.31 Å². The molecule has 0 unspecified atom stereocenters. The molecule has 0 spiro atoms. The van der Waals surface area contributed by atoms with Crippen LogP contribution in [0.3, 0.4) is 0 Å². The van der Waals surface area contributed by atoms with Crippen molar-refractivity contribution >= 4 is 29.4 Å². The van der Waals surface area contributed by atoms with Crippen molar-refractivity contribution in [3.05, 3.63) is 30.0 Å². The van der Waals surface area contributed by atoms with Gasteiger partial charge in [-0.05, 0) is 50.7 Å². The van der Waals surface area contributed by atoms with Gasteiger partial charge in [0, 0.05) is 5.52 Å². The Kier molecular flexibility index (Phi) is 2.94. The fraction of sp³-hybridized carbons (Fsp3) is 0.400. The lowest BCUT2D eigenvalue weighted by atomic mass is 9.79. The van der Waals surface area contributed by atoms with Gasteiger partial charge in [0.1, 0.15) is 5.69 Å². The minimum atomic E-state index is -0.469. The highest BCUT2D eigenvalue weighted by molar-refractivity contribution is 6.62. The van der Waals surface area contributed by atoms with Gasteiger partial charge in [-0.15, -0.1) is 0 Å². The van der Waals surface area contributed by atoms with Gasteiger partial charge in [-0.1, -0.05) is 12.1 Å². The Bertz CT molecular complexity index is 705. The van der Waals surface area contributed by atoms with Crippen LogP contribution in [0.4, 0.5) is 0 Å². The Hall–Kier alpha value is -1.79. The third-order valence-electron chi connectivity index (χ3n) is 4.44. The molecule has 1 saturated heterocycles. The summed E-state index contributed by atoms with van der Waals surface area (Å²) in [7, 11) is -0.411. The molecule has 0 aliphatic carbocycles. The molecular weight excluding hydrogens is 267 g/mol. The van der Waals surface area contributed by atoms with Crippen molar-refractivity contribution in [1.29, 1.82) is 0 Å². The number of H-pyrrole nitrogens is 1. The molecule has 0 radical (unpaired) electrons. The Morgan fingerprint density at radius 3 is 2.33 bits per heavy atom. The predicted molar refractivity (Wildman–Crippen MR) is 82.5 cm³/mol. The number of aromatic amines is 1. The SMILES string of the molecule is CC1(C)OB(c2ccc3[nH]c(C(N)=O)cc3c2)OC1(C)C. The molecule has 3 N–H and O–H groups in total. The van der Waals surface area contributed by atoms with Crippen molar-refractivity contribution in [2.75, 3.05) is 0 Å². The first-order valence-electron chi connectivity index (χ1n) is 6.98. The quantitative estimate of drug-likeness (QED) is 0.822. The van der Waals surface area contributed by atoms with Gasteiger partial charge in [0.25, 0.3) is 5.91 Å². The zero-order valence-electron chi connectivity index (χ0n) is 12.7. The van der Waals surface area contributed by atoms with Crippen LogP contribution in [0.15, 0.2) is 24.3 Å². The molecule has 1 amide bonds. The number of aromatic nitrogens is 1. The first-order valence-corrected chi connectivity index (χ1v) is 6.98. The predicted octanol–water partition coefficient (Wildman–Crippen LogP) is 1.57. The molecule has 1 aromatic carbocycles. The molecule has 1 fully saturated rings. The summed E-state index contributed by atoms with van der Waals surface area (Å²) < 4.78 is 12.1. The highest BCUT2D eigenvalue weighted by Gasteiger charge is 2.51. The molecule has 21 heavy (non-hydrogen) atoms. The van der Waals surface area contributed by atoms with Crippen LogP contribution >= 0.6 is 0 Å². The second-order valence-electron chi connectivity index (χ2n) is 6.48. The number of nitrogens with one attached hydrogen (secondary N) is 1. The van der Waals surface area contributed by atoms with Crippen LogP contribution in [-0.4, -0.2) is 29.2 Å². The molecule has 6 heteroatoms. The fourth-order valence-corrected chi connectivity index (χ4v) is 2.41. The average molecular weight is 286 g/mol.